The molecule has 0 spiro atoms. The van der Waals surface area contributed by atoms with Crippen LogP contribution in [-0.2, 0) is 0 Å². The third-order valence-corrected chi connectivity index (χ3v) is 4.87. The summed E-state index contributed by atoms with van der Waals surface area (Å²) in [4.78, 5) is 35.8. The van der Waals surface area contributed by atoms with Crippen molar-refractivity contribution in [1.82, 2.24) is 29.8 Å². The van der Waals surface area contributed by atoms with Gasteiger partial charge in [0.15, 0.2) is 5.82 Å². The molecule has 0 saturated carbocycles. The summed E-state index contributed by atoms with van der Waals surface area (Å²) in [5, 5.41) is 4.97. The molecule has 1 aliphatic heterocycles. The summed E-state index contributed by atoms with van der Waals surface area (Å²) in [6, 6.07) is 0. The van der Waals surface area contributed by atoms with E-state index in [9.17, 15) is 4.79 Å². The van der Waals surface area contributed by atoms with Gasteiger partial charge in [-0.15, -0.1) is 11.3 Å². The lowest BCUT2D eigenvalue weighted by molar-refractivity contribution is 0.0701. The lowest BCUT2D eigenvalue weighted by Gasteiger charge is -2.32. The van der Waals surface area contributed by atoms with Gasteiger partial charge < -0.3 is 10.2 Å². The Labute approximate surface area is 154 Å². The summed E-state index contributed by atoms with van der Waals surface area (Å²) in [6.07, 6.45) is 10.1. The Hall–Kier alpha value is -2.94. The van der Waals surface area contributed by atoms with Crippen LogP contribution in [0, 0.1) is 0 Å². The lowest BCUT2D eigenvalue weighted by atomic mass is 9.94. The Morgan fingerprint density at radius 3 is 2.85 bits per heavy atom. The Kier molecular flexibility index (Phi) is 4.78. The minimum atomic E-state index is -0.0247. The number of amides is 1. The maximum absolute atomic E-state index is 12.6. The highest BCUT2D eigenvalue weighted by molar-refractivity contribution is 7.07. The van der Waals surface area contributed by atoms with Crippen LogP contribution in [0.1, 0.15) is 34.9 Å². The molecule has 1 N–H and O–H groups in total. The van der Waals surface area contributed by atoms with Gasteiger partial charge in [-0.3, -0.25) is 14.8 Å². The summed E-state index contributed by atoms with van der Waals surface area (Å²) in [5.74, 6) is 1.35. The summed E-state index contributed by atoms with van der Waals surface area (Å²) in [7, 11) is 0. The van der Waals surface area contributed by atoms with E-state index < -0.39 is 0 Å². The second kappa shape index (κ2) is 7.52. The number of carbonyl (C=O) groups is 1. The van der Waals surface area contributed by atoms with Crippen molar-refractivity contribution < 1.29 is 4.79 Å². The molecule has 0 radical (unpaired) electrons. The molecule has 1 atom stereocenters. The number of aromatic nitrogens is 5. The number of hydrogen-bond donors (Lipinski definition) is 1. The van der Waals surface area contributed by atoms with Crippen molar-refractivity contribution in [3.63, 3.8) is 0 Å². The Balaban J connectivity index is 1.54. The van der Waals surface area contributed by atoms with Crippen molar-refractivity contribution in [3.8, 4) is 0 Å². The van der Waals surface area contributed by atoms with E-state index in [0.717, 1.165) is 25.1 Å². The molecule has 132 valence electrons. The molecule has 4 rings (SSSR count). The van der Waals surface area contributed by atoms with Crippen molar-refractivity contribution in [3.05, 3.63) is 53.3 Å². The quantitative estimate of drug-likeness (QED) is 0.756. The first kappa shape index (κ1) is 16.5. The Morgan fingerprint density at radius 1 is 1.15 bits per heavy atom. The molecule has 0 aromatic carbocycles. The minimum absolute atomic E-state index is 0.0247. The number of nitrogens with zero attached hydrogens (tertiary/aromatic N) is 6. The maximum Gasteiger partial charge on any atom is 0.273 e. The third kappa shape index (κ3) is 3.52. The van der Waals surface area contributed by atoms with E-state index >= 15 is 0 Å². The van der Waals surface area contributed by atoms with Crippen molar-refractivity contribution in [1.29, 1.82) is 0 Å². The van der Waals surface area contributed by atoms with Crippen LogP contribution in [0.15, 0.2) is 41.9 Å². The van der Waals surface area contributed by atoms with Crippen molar-refractivity contribution in [2.24, 2.45) is 0 Å². The van der Waals surface area contributed by atoms with Crippen LogP contribution < -0.4 is 5.32 Å². The van der Waals surface area contributed by atoms with Crippen LogP contribution in [0.2, 0.25) is 0 Å². The molecule has 26 heavy (non-hydrogen) atoms. The highest BCUT2D eigenvalue weighted by atomic mass is 32.1. The molecule has 9 heteroatoms. The number of hydrogen-bond acceptors (Lipinski definition) is 8. The molecule has 0 bridgehead atoms. The fourth-order valence-corrected chi connectivity index (χ4v) is 3.62. The second-order valence-corrected chi connectivity index (χ2v) is 6.69. The molecule has 3 aromatic heterocycles. The molecule has 1 fully saturated rings. The van der Waals surface area contributed by atoms with Crippen molar-refractivity contribution >= 4 is 28.9 Å². The maximum atomic E-state index is 12.6. The van der Waals surface area contributed by atoms with Gasteiger partial charge in [0.25, 0.3) is 5.91 Å². The van der Waals surface area contributed by atoms with Gasteiger partial charge in [0.1, 0.15) is 11.5 Å². The molecular weight excluding hydrogens is 350 g/mol. The zero-order valence-electron chi connectivity index (χ0n) is 13.9. The number of carbonyl (C=O) groups excluding carboxylic acids is 1. The number of anilines is 2. The second-order valence-electron chi connectivity index (χ2n) is 5.97. The first-order valence-electron chi connectivity index (χ1n) is 8.32. The van der Waals surface area contributed by atoms with Gasteiger partial charge in [0.05, 0.1) is 17.4 Å². The first-order valence-corrected chi connectivity index (χ1v) is 9.27. The van der Waals surface area contributed by atoms with Gasteiger partial charge in [-0.1, -0.05) is 0 Å². The molecule has 3 aromatic rings. The largest absolute Gasteiger partial charge is 0.337 e. The standard InChI is InChI=1S/C17H17N7OS/c25-17(13-10-26-11-22-13)24-7-1-2-12(9-24)15-16(21-6-5-20-15)23-14-8-18-3-4-19-14/h3-6,8,10-12H,1-2,7,9H2,(H,19,21,23)/t12-/m0/s1. The SMILES string of the molecule is O=C(c1cscn1)N1CCC[C@H](c2nccnc2Nc2cnccn2)C1. The fraction of sp³-hybridized carbons (Fsp3) is 0.294. The molecule has 1 amide bonds. The van der Waals surface area contributed by atoms with Gasteiger partial charge in [0, 0.05) is 49.2 Å². The normalized spacial score (nSPS) is 17.1. The Morgan fingerprint density at radius 2 is 2.04 bits per heavy atom. The zero-order valence-corrected chi connectivity index (χ0v) is 14.8. The van der Waals surface area contributed by atoms with Gasteiger partial charge >= 0.3 is 0 Å². The number of piperidine rings is 1. The molecule has 0 aliphatic carbocycles. The molecule has 4 heterocycles. The monoisotopic (exact) mass is 367 g/mol. The van der Waals surface area contributed by atoms with E-state index in [1.54, 1.807) is 41.9 Å². The first-order chi connectivity index (χ1) is 12.8. The number of nitrogens with one attached hydrogen (secondary N) is 1. The molecule has 8 nitrogen and oxygen atoms in total. The van der Waals surface area contributed by atoms with Crippen LogP contribution in [0.25, 0.3) is 0 Å². The van der Waals surface area contributed by atoms with E-state index in [0.29, 0.717) is 23.9 Å². The average molecular weight is 367 g/mol. The molecule has 1 aliphatic rings. The zero-order chi connectivity index (χ0) is 17.8. The smallest absolute Gasteiger partial charge is 0.273 e. The highest BCUT2D eigenvalue weighted by Gasteiger charge is 2.29. The van der Waals surface area contributed by atoms with Crippen molar-refractivity contribution in [2.75, 3.05) is 18.4 Å². The topological polar surface area (TPSA) is 96.8 Å². The van der Waals surface area contributed by atoms with E-state index in [-0.39, 0.29) is 11.8 Å². The summed E-state index contributed by atoms with van der Waals surface area (Å²) >= 11 is 1.43. The van der Waals surface area contributed by atoms with E-state index in [4.69, 9.17) is 0 Å². The van der Waals surface area contributed by atoms with Gasteiger partial charge in [-0.05, 0) is 12.8 Å². The van der Waals surface area contributed by atoms with E-state index in [1.807, 2.05) is 4.90 Å². The minimum Gasteiger partial charge on any atom is -0.337 e. The van der Waals surface area contributed by atoms with E-state index in [2.05, 4.69) is 30.2 Å². The number of thiazole rings is 1. The van der Waals surface area contributed by atoms with Crippen LogP contribution >= 0.6 is 11.3 Å². The Bertz CT molecular complexity index is 872. The molecule has 0 unspecified atom stereocenters. The van der Waals surface area contributed by atoms with Gasteiger partial charge in [-0.25, -0.2) is 15.0 Å². The van der Waals surface area contributed by atoms with Crippen LogP contribution in [0.3, 0.4) is 0 Å². The van der Waals surface area contributed by atoms with Crippen LogP contribution in [0.5, 0.6) is 0 Å². The summed E-state index contributed by atoms with van der Waals surface area (Å²) in [6.45, 7) is 1.34. The predicted molar refractivity (Wildman–Crippen MR) is 97.3 cm³/mol. The lowest BCUT2D eigenvalue weighted by Crippen LogP contribution is -2.39. The van der Waals surface area contributed by atoms with Gasteiger partial charge in [-0.2, -0.15) is 0 Å². The van der Waals surface area contributed by atoms with Crippen LogP contribution in [0.4, 0.5) is 11.6 Å². The highest BCUT2D eigenvalue weighted by Crippen LogP contribution is 2.30. The summed E-state index contributed by atoms with van der Waals surface area (Å²) in [5.41, 5.74) is 3.03. The fourth-order valence-electron chi connectivity index (χ4n) is 3.09. The summed E-state index contributed by atoms with van der Waals surface area (Å²) < 4.78 is 0. The van der Waals surface area contributed by atoms with E-state index in [1.165, 1.54) is 11.3 Å². The average Bonchev–Trinajstić information content (AvgIpc) is 3.24. The third-order valence-electron chi connectivity index (χ3n) is 4.28. The van der Waals surface area contributed by atoms with Crippen molar-refractivity contribution in [2.45, 2.75) is 18.8 Å². The van der Waals surface area contributed by atoms with Gasteiger partial charge in [0.2, 0.25) is 0 Å². The molecular formula is C17H17N7OS. The van der Waals surface area contributed by atoms with Crippen LogP contribution in [-0.4, -0.2) is 48.8 Å². The predicted octanol–water partition coefficient (Wildman–Crippen LogP) is 2.49. The number of likely N-dealkylation sites (tertiary alicyclic amines) is 1. The molecule has 1 saturated heterocycles. The number of rotatable bonds is 4.